The third-order valence-corrected chi connectivity index (χ3v) is 2.94. The minimum absolute atomic E-state index is 0.214. The zero-order valence-corrected chi connectivity index (χ0v) is 11.1. The molecule has 17 heavy (non-hydrogen) atoms. The van der Waals surface area contributed by atoms with Gasteiger partial charge in [-0.05, 0) is 17.0 Å². The van der Waals surface area contributed by atoms with Crippen LogP contribution in [0.5, 0.6) is 0 Å². The predicted molar refractivity (Wildman–Crippen MR) is 72.2 cm³/mol. The number of hydrogen-bond donors (Lipinski definition) is 2. The summed E-state index contributed by atoms with van der Waals surface area (Å²) in [5.41, 5.74) is 8.39. The summed E-state index contributed by atoms with van der Waals surface area (Å²) < 4.78 is 5.02. The lowest BCUT2D eigenvalue weighted by Crippen LogP contribution is -2.30. The second-order valence-corrected chi connectivity index (χ2v) is 4.56. The Kier molecular flexibility index (Phi) is 6.19. The molecule has 3 heteroatoms. The Morgan fingerprint density at radius 2 is 1.76 bits per heavy atom. The van der Waals surface area contributed by atoms with Gasteiger partial charge in [-0.25, -0.2) is 0 Å². The predicted octanol–water partition coefficient (Wildman–Crippen LogP) is 2.05. The first-order valence-electron chi connectivity index (χ1n) is 6.21. The van der Waals surface area contributed by atoms with E-state index in [9.17, 15) is 0 Å². The molecule has 0 fully saturated rings. The average molecular weight is 236 g/mol. The zero-order valence-electron chi connectivity index (χ0n) is 11.1. The van der Waals surface area contributed by atoms with Gasteiger partial charge >= 0.3 is 0 Å². The van der Waals surface area contributed by atoms with E-state index in [-0.39, 0.29) is 6.04 Å². The fourth-order valence-electron chi connectivity index (χ4n) is 1.79. The fraction of sp³-hybridized carbons (Fsp3) is 0.571. The van der Waals surface area contributed by atoms with Crippen molar-refractivity contribution in [2.45, 2.75) is 25.8 Å². The molecule has 0 amide bonds. The molecule has 0 bridgehead atoms. The van der Waals surface area contributed by atoms with Crippen LogP contribution in [0.2, 0.25) is 0 Å². The molecule has 0 saturated carbocycles. The van der Waals surface area contributed by atoms with Gasteiger partial charge in [0.25, 0.3) is 0 Å². The maximum atomic E-state index is 5.78. The number of nitrogens with two attached hydrogens (primary N) is 1. The van der Waals surface area contributed by atoms with Crippen LogP contribution in [0.25, 0.3) is 0 Å². The van der Waals surface area contributed by atoms with E-state index in [1.54, 1.807) is 7.11 Å². The van der Waals surface area contributed by atoms with Crippen molar-refractivity contribution in [3.8, 4) is 0 Å². The van der Waals surface area contributed by atoms with E-state index in [0.717, 1.165) is 6.54 Å². The molecule has 0 aromatic heterocycles. The molecule has 0 aliphatic rings. The summed E-state index contributed by atoms with van der Waals surface area (Å²) in [4.78, 5) is 0. The van der Waals surface area contributed by atoms with Crippen molar-refractivity contribution in [1.82, 2.24) is 5.32 Å². The second-order valence-electron chi connectivity index (χ2n) is 4.56. The zero-order chi connectivity index (χ0) is 12.7. The number of hydrogen-bond acceptors (Lipinski definition) is 3. The highest BCUT2D eigenvalue weighted by atomic mass is 16.5. The normalized spacial score (nSPS) is 13.0. The largest absolute Gasteiger partial charge is 0.383 e. The Hall–Kier alpha value is -0.900. The van der Waals surface area contributed by atoms with Crippen LogP contribution in [-0.2, 0) is 4.74 Å². The van der Waals surface area contributed by atoms with Crippen LogP contribution in [0.4, 0.5) is 0 Å². The molecule has 1 rings (SSSR count). The highest BCUT2D eigenvalue weighted by Crippen LogP contribution is 2.18. The van der Waals surface area contributed by atoms with E-state index < -0.39 is 0 Å². The number of nitrogens with one attached hydrogen (secondary N) is 1. The monoisotopic (exact) mass is 236 g/mol. The maximum Gasteiger partial charge on any atom is 0.0587 e. The molecule has 3 N–H and O–H groups in total. The molecule has 0 heterocycles. The van der Waals surface area contributed by atoms with Crippen molar-refractivity contribution >= 4 is 0 Å². The van der Waals surface area contributed by atoms with Crippen LogP contribution in [0.1, 0.15) is 36.9 Å². The summed E-state index contributed by atoms with van der Waals surface area (Å²) in [6.45, 7) is 6.54. The molecule has 0 aliphatic heterocycles. The lowest BCUT2D eigenvalue weighted by molar-refractivity contribution is 0.196. The van der Waals surface area contributed by atoms with Gasteiger partial charge in [0.2, 0.25) is 0 Å². The standard InChI is InChI=1S/C14H24N2O/c1-11(2)12-4-6-13(7-5-12)14(10-15)16-8-9-17-3/h4-7,11,14,16H,8-10,15H2,1-3H3. The molecule has 96 valence electrons. The Morgan fingerprint density at radius 3 is 2.24 bits per heavy atom. The van der Waals surface area contributed by atoms with Crippen molar-refractivity contribution in [2.24, 2.45) is 5.73 Å². The number of rotatable bonds is 7. The van der Waals surface area contributed by atoms with Crippen molar-refractivity contribution in [2.75, 3.05) is 26.8 Å². The van der Waals surface area contributed by atoms with Crippen molar-refractivity contribution in [3.63, 3.8) is 0 Å². The van der Waals surface area contributed by atoms with Crippen LogP contribution in [0.15, 0.2) is 24.3 Å². The third kappa shape index (κ3) is 4.46. The second kappa shape index (κ2) is 7.43. The fourth-order valence-corrected chi connectivity index (χ4v) is 1.79. The Balaban J connectivity index is 2.62. The third-order valence-electron chi connectivity index (χ3n) is 2.94. The van der Waals surface area contributed by atoms with Crippen LogP contribution in [-0.4, -0.2) is 26.8 Å². The first-order valence-corrected chi connectivity index (χ1v) is 6.21. The molecule has 0 aliphatic carbocycles. The van der Waals surface area contributed by atoms with E-state index in [2.05, 4.69) is 43.4 Å². The molecule has 0 spiro atoms. The van der Waals surface area contributed by atoms with Gasteiger partial charge < -0.3 is 15.8 Å². The summed E-state index contributed by atoms with van der Waals surface area (Å²) in [5, 5.41) is 3.39. The summed E-state index contributed by atoms with van der Waals surface area (Å²) in [5.74, 6) is 0.571. The highest BCUT2D eigenvalue weighted by molar-refractivity contribution is 5.27. The van der Waals surface area contributed by atoms with E-state index in [4.69, 9.17) is 10.5 Å². The topological polar surface area (TPSA) is 47.3 Å². The average Bonchev–Trinajstić information content (AvgIpc) is 2.35. The molecule has 1 atom stereocenters. The number of ether oxygens (including phenoxy) is 1. The summed E-state index contributed by atoms with van der Waals surface area (Å²) in [6, 6.07) is 8.90. The summed E-state index contributed by atoms with van der Waals surface area (Å²) in [7, 11) is 1.70. The van der Waals surface area contributed by atoms with Gasteiger partial charge in [-0.1, -0.05) is 38.1 Å². The lowest BCUT2D eigenvalue weighted by Gasteiger charge is -2.18. The summed E-state index contributed by atoms with van der Waals surface area (Å²) in [6.07, 6.45) is 0. The molecule has 1 unspecified atom stereocenters. The number of methoxy groups -OCH3 is 1. The number of benzene rings is 1. The molecular formula is C14H24N2O. The van der Waals surface area contributed by atoms with Crippen LogP contribution >= 0.6 is 0 Å². The van der Waals surface area contributed by atoms with Gasteiger partial charge in [0.1, 0.15) is 0 Å². The van der Waals surface area contributed by atoms with Crippen molar-refractivity contribution in [1.29, 1.82) is 0 Å². The Bertz CT molecular complexity index is 309. The van der Waals surface area contributed by atoms with Gasteiger partial charge in [0, 0.05) is 26.2 Å². The summed E-state index contributed by atoms with van der Waals surface area (Å²) >= 11 is 0. The van der Waals surface area contributed by atoms with Gasteiger partial charge in [0.05, 0.1) is 6.61 Å². The smallest absolute Gasteiger partial charge is 0.0587 e. The molecule has 0 saturated heterocycles. The van der Waals surface area contributed by atoms with Crippen LogP contribution in [0.3, 0.4) is 0 Å². The van der Waals surface area contributed by atoms with E-state index >= 15 is 0 Å². The van der Waals surface area contributed by atoms with Crippen LogP contribution in [0, 0.1) is 0 Å². The quantitative estimate of drug-likeness (QED) is 0.712. The van der Waals surface area contributed by atoms with Crippen molar-refractivity contribution < 1.29 is 4.74 Å². The first kappa shape index (κ1) is 14.2. The molecule has 0 radical (unpaired) electrons. The van der Waals surface area contributed by atoms with E-state index in [1.165, 1.54) is 11.1 Å². The van der Waals surface area contributed by atoms with Gasteiger partial charge in [0.15, 0.2) is 0 Å². The first-order chi connectivity index (χ1) is 8.19. The van der Waals surface area contributed by atoms with E-state index in [1.807, 2.05) is 0 Å². The minimum Gasteiger partial charge on any atom is -0.383 e. The minimum atomic E-state index is 0.214. The Labute approximate surface area is 104 Å². The van der Waals surface area contributed by atoms with Gasteiger partial charge in [-0.2, -0.15) is 0 Å². The van der Waals surface area contributed by atoms with E-state index in [0.29, 0.717) is 19.1 Å². The highest BCUT2D eigenvalue weighted by Gasteiger charge is 2.08. The maximum absolute atomic E-state index is 5.78. The van der Waals surface area contributed by atoms with Gasteiger partial charge in [-0.3, -0.25) is 0 Å². The SMILES string of the molecule is COCCNC(CN)c1ccc(C(C)C)cc1. The molecule has 1 aromatic rings. The lowest BCUT2D eigenvalue weighted by atomic mass is 9.99. The molecule has 1 aromatic carbocycles. The van der Waals surface area contributed by atoms with Crippen molar-refractivity contribution in [3.05, 3.63) is 35.4 Å². The Morgan fingerprint density at radius 1 is 1.18 bits per heavy atom. The molecule has 3 nitrogen and oxygen atoms in total. The van der Waals surface area contributed by atoms with Crippen LogP contribution < -0.4 is 11.1 Å². The van der Waals surface area contributed by atoms with Gasteiger partial charge in [-0.15, -0.1) is 0 Å². The molecular weight excluding hydrogens is 212 g/mol.